The summed E-state index contributed by atoms with van der Waals surface area (Å²) in [6, 6.07) is 21.7. The van der Waals surface area contributed by atoms with Gasteiger partial charge in [0.15, 0.2) is 0 Å². The van der Waals surface area contributed by atoms with Gasteiger partial charge in [0.25, 0.3) is 8.32 Å². The second kappa shape index (κ2) is 8.47. The Balaban J connectivity index is 1.66. The maximum atomic E-state index is 9.39. The molecule has 1 aliphatic rings. The third-order valence-corrected chi connectivity index (χ3v) is 11.0. The molecular weight excluding hydrogens is 390 g/mol. The average Bonchev–Trinajstić information content (AvgIpc) is 3.17. The van der Waals surface area contributed by atoms with Crippen LogP contribution < -0.4 is 15.7 Å². The fourth-order valence-electron chi connectivity index (χ4n) is 4.53. The maximum Gasteiger partial charge on any atom is 0.261 e. The number of aliphatic hydroxyl groups is 1. The highest BCUT2D eigenvalue weighted by Crippen LogP contribution is 2.36. The van der Waals surface area contributed by atoms with Crippen molar-refractivity contribution in [2.24, 2.45) is 0 Å². The normalized spacial score (nSPS) is 17.0. The quantitative estimate of drug-likeness (QED) is 0.600. The average molecular weight is 422 g/mol. The fourth-order valence-corrected chi connectivity index (χ4v) is 9.13. The van der Waals surface area contributed by atoms with E-state index in [9.17, 15) is 5.11 Å². The molecular formula is C24H31N3O2Si. The molecule has 1 aliphatic heterocycles. The fraction of sp³-hybridized carbons (Fsp3) is 0.375. The number of rotatable bonds is 6. The first-order valence-corrected chi connectivity index (χ1v) is 12.5. The topological polar surface area (TPSA) is 59.3 Å². The Morgan fingerprint density at radius 2 is 1.67 bits per heavy atom. The number of aliphatic hydroxyl groups excluding tert-OH is 1. The number of nitrogens with zero attached hydrogens (tertiary/aromatic N) is 2. The lowest BCUT2D eigenvalue weighted by Crippen LogP contribution is -2.67. The first-order valence-electron chi connectivity index (χ1n) is 10.6. The molecule has 3 aromatic rings. The highest BCUT2D eigenvalue weighted by Gasteiger charge is 2.50. The van der Waals surface area contributed by atoms with Crippen LogP contribution in [0.2, 0.25) is 5.04 Å². The largest absolute Gasteiger partial charge is 0.406 e. The highest BCUT2D eigenvalue weighted by atomic mass is 28.4. The molecule has 0 amide bonds. The SMILES string of the molecule is CC(C)(C)[Si](OCC1Cn2cc(CO)nc2CN1)(c1ccccc1)c1ccccc1. The molecule has 30 heavy (non-hydrogen) atoms. The highest BCUT2D eigenvalue weighted by molar-refractivity contribution is 6.99. The van der Waals surface area contributed by atoms with E-state index in [1.54, 1.807) is 0 Å². The maximum absolute atomic E-state index is 9.39. The Hall–Kier alpha value is -2.25. The van der Waals surface area contributed by atoms with Crippen LogP contribution in [0.1, 0.15) is 32.3 Å². The zero-order valence-corrected chi connectivity index (χ0v) is 19.0. The Kier molecular flexibility index (Phi) is 5.93. The molecule has 1 unspecified atom stereocenters. The molecule has 0 radical (unpaired) electrons. The number of fused-ring (bicyclic) bond motifs is 1. The first kappa shape index (κ1) is 21.0. The molecule has 2 aromatic carbocycles. The van der Waals surface area contributed by atoms with Gasteiger partial charge in [-0.1, -0.05) is 81.4 Å². The van der Waals surface area contributed by atoms with Crippen molar-refractivity contribution in [1.29, 1.82) is 0 Å². The molecule has 1 aromatic heterocycles. The van der Waals surface area contributed by atoms with Crippen molar-refractivity contribution >= 4 is 18.7 Å². The van der Waals surface area contributed by atoms with Crippen LogP contribution in [0.5, 0.6) is 0 Å². The summed E-state index contributed by atoms with van der Waals surface area (Å²) in [6.45, 7) is 8.98. The van der Waals surface area contributed by atoms with Crippen molar-refractivity contribution < 1.29 is 9.53 Å². The van der Waals surface area contributed by atoms with Crippen LogP contribution in [-0.2, 0) is 24.1 Å². The molecule has 2 N–H and O–H groups in total. The number of imidazole rings is 1. The van der Waals surface area contributed by atoms with Crippen LogP contribution >= 0.6 is 0 Å². The third-order valence-electron chi connectivity index (χ3n) is 5.95. The van der Waals surface area contributed by atoms with Crippen LogP contribution in [-0.4, -0.2) is 35.6 Å². The number of hydrogen-bond acceptors (Lipinski definition) is 4. The van der Waals surface area contributed by atoms with E-state index < -0.39 is 8.32 Å². The van der Waals surface area contributed by atoms with E-state index in [1.807, 2.05) is 6.20 Å². The minimum Gasteiger partial charge on any atom is -0.406 e. The summed E-state index contributed by atoms with van der Waals surface area (Å²) in [5, 5.41) is 15.5. The van der Waals surface area contributed by atoms with E-state index in [0.29, 0.717) is 13.2 Å². The van der Waals surface area contributed by atoms with Gasteiger partial charge in [0.1, 0.15) is 5.82 Å². The smallest absolute Gasteiger partial charge is 0.261 e. The van der Waals surface area contributed by atoms with Gasteiger partial charge >= 0.3 is 0 Å². The first-order chi connectivity index (χ1) is 14.4. The zero-order valence-electron chi connectivity index (χ0n) is 18.0. The number of aromatic nitrogens is 2. The molecule has 0 saturated heterocycles. The monoisotopic (exact) mass is 421 g/mol. The van der Waals surface area contributed by atoms with E-state index in [0.717, 1.165) is 18.1 Å². The summed E-state index contributed by atoms with van der Waals surface area (Å²) in [5.74, 6) is 0.973. The van der Waals surface area contributed by atoms with Gasteiger partial charge in [0.2, 0.25) is 0 Å². The minimum absolute atomic E-state index is 0.0246. The van der Waals surface area contributed by atoms with Crippen LogP contribution in [0.4, 0.5) is 0 Å². The van der Waals surface area contributed by atoms with Gasteiger partial charge in [0, 0.05) is 18.8 Å². The molecule has 158 valence electrons. The number of benzene rings is 2. The van der Waals surface area contributed by atoms with E-state index in [2.05, 4.69) is 96.3 Å². The van der Waals surface area contributed by atoms with Crippen molar-refractivity contribution in [2.45, 2.75) is 51.5 Å². The molecule has 0 bridgehead atoms. The van der Waals surface area contributed by atoms with Crippen LogP contribution in [0, 0.1) is 0 Å². The lowest BCUT2D eigenvalue weighted by atomic mass is 10.2. The van der Waals surface area contributed by atoms with Crippen LogP contribution in [0.25, 0.3) is 0 Å². The van der Waals surface area contributed by atoms with Crippen LogP contribution in [0.3, 0.4) is 0 Å². The molecule has 4 rings (SSSR count). The Morgan fingerprint density at radius 1 is 1.07 bits per heavy atom. The van der Waals surface area contributed by atoms with Crippen molar-refractivity contribution in [1.82, 2.24) is 14.9 Å². The predicted octanol–water partition coefficient (Wildman–Crippen LogP) is 2.42. The van der Waals surface area contributed by atoms with Crippen molar-refractivity contribution in [3.63, 3.8) is 0 Å². The Morgan fingerprint density at radius 3 is 2.20 bits per heavy atom. The van der Waals surface area contributed by atoms with Crippen molar-refractivity contribution in [3.05, 3.63) is 78.4 Å². The van der Waals surface area contributed by atoms with Gasteiger partial charge in [-0.25, -0.2) is 4.98 Å². The van der Waals surface area contributed by atoms with Gasteiger partial charge in [-0.2, -0.15) is 0 Å². The van der Waals surface area contributed by atoms with Gasteiger partial charge in [0.05, 0.1) is 25.5 Å². The summed E-state index contributed by atoms with van der Waals surface area (Å²) in [4.78, 5) is 4.47. The Labute approximate surface area is 179 Å². The lowest BCUT2D eigenvalue weighted by molar-refractivity contribution is 0.222. The van der Waals surface area contributed by atoms with E-state index in [1.165, 1.54) is 10.4 Å². The molecule has 0 spiro atoms. The number of nitrogens with one attached hydrogen (secondary N) is 1. The summed E-state index contributed by atoms with van der Waals surface area (Å²) in [5.41, 5.74) is 0.723. The van der Waals surface area contributed by atoms with E-state index >= 15 is 0 Å². The van der Waals surface area contributed by atoms with Gasteiger partial charge in [-0.15, -0.1) is 0 Å². The van der Waals surface area contributed by atoms with E-state index in [4.69, 9.17) is 4.43 Å². The molecule has 2 heterocycles. The van der Waals surface area contributed by atoms with Gasteiger partial charge in [-0.05, 0) is 15.4 Å². The lowest BCUT2D eigenvalue weighted by Gasteiger charge is -2.44. The summed E-state index contributed by atoms with van der Waals surface area (Å²) in [6.07, 6.45) is 1.95. The molecule has 5 nitrogen and oxygen atoms in total. The van der Waals surface area contributed by atoms with Gasteiger partial charge in [-0.3, -0.25) is 0 Å². The number of hydrogen-bond donors (Lipinski definition) is 2. The van der Waals surface area contributed by atoms with Crippen LogP contribution in [0.15, 0.2) is 66.9 Å². The second-order valence-corrected chi connectivity index (χ2v) is 13.3. The van der Waals surface area contributed by atoms with Crippen molar-refractivity contribution in [3.8, 4) is 0 Å². The third kappa shape index (κ3) is 3.88. The molecule has 0 saturated carbocycles. The summed E-state index contributed by atoms with van der Waals surface area (Å²) < 4.78 is 9.19. The minimum atomic E-state index is -2.53. The van der Waals surface area contributed by atoms with Crippen molar-refractivity contribution in [2.75, 3.05) is 6.61 Å². The van der Waals surface area contributed by atoms with Gasteiger partial charge < -0.3 is 19.4 Å². The standard InChI is InChI=1S/C24H31N3O2Si/c1-24(2,3)30(21-10-6-4-7-11-21,22-12-8-5-9-13-22)29-18-20-16-27-15-19(17-28)26-23(27)14-25-20/h4-13,15,20,25,28H,14,16-18H2,1-3H3. The van der Waals surface area contributed by atoms with E-state index in [-0.39, 0.29) is 17.7 Å². The summed E-state index contributed by atoms with van der Waals surface area (Å²) in [7, 11) is -2.53. The molecule has 6 heteroatoms. The molecule has 1 atom stereocenters. The second-order valence-electron chi connectivity index (χ2n) is 9.01. The molecule has 0 fully saturated rings. The Bertz CT molecular complexity index is 928. The molecule has 0 aliphatic carbocycles. The summed E-state index contributed by atoms with van der Waals surface area (Å²) >= 11 is 0. The zero-order chi connectivity index (χ0) is 21.2. The predicted molar refractivity (Wildman–Crippen MR) is 122 cm³/mol.